The van der Waals surface area contributed by atoms with E-state index in [1.165, 1.54) is 38.5 Å². The zero-order valence-electron chi connectivity index (χ0n) is 13.8. The van der Waals surface area contributed by atoms with Crippen LogP contribution in [0.15, 0.2) is 17.3 Å². The van der Waals surface area contributed by atoms with E-state index < -0.39 is 0 Å². The van der Waals surface area contributed by atoms with Crippen LogP contribution in [-0.4, -0.2) is 28.8 Å². The van der Waals surface area contributed by atoms with Crippen molar-refractivity contribution >= 4 is 29.9 Å². The van der Waals surface area contributed by atoms with Gasteiger partial charge in [0.25, 0.3) is 0 Å². The summed E-state index contributed by atoms with van der Waals surface area (Å²) in [5.41, 5.74) is 1.12. The third-order valence-electron chi connectivity index (χ3n) is 4.22. The Kier molecular flexibility index (Phi) is 9.50. The highest BCUT2D eigenvalue weighted by atomic mass is 127. The molecule has 1 aromatic heterocycles. The van der Waals surface area contributed by atoms with Crippen LogP contribution in [0.2, 0.25) is 0 Å². The molecule has 1 fully saturated rings. The van der Waals surface area contributed by atoms with E-state index in [0.717, 1.165) is 30.7 Å². The van der Waals surface area contributed by atoms with Crippen LogP contribution in [0.25, 0.3) is 0 Å². The van der Waals surface area contributed by atoms with Gasteiger partial charge < -0.3 is 10.6 Å². The summed E-state index contributed by atoms with van der Waals surface area (Å²) in [7, 11) is 1.95. The van der Waals surface area contributed by atoms with E-state index >= 15 is 0 Å². The SMILES string of the molecule is CCNC(=NCc1ccnn1C)NCCCC1CCCC1.I. The van der Waals surface area contributed by atoms with E-state index in [9.17, 15) is 0 Å². The molecule has 0 bridgehead atoms. The number of aliphatic imine (C=N–C) groups is 1. The van der Waals surface area contributed by atoms with Gasteiger partial charge in [0.1, 0.15) is 0 Å². The fourth-order valence-electron chi connectivity index (χ4n) is 2.95. The first-order valence-electron chi connectivity index (χ1n) is 8.28. The average molecular weight is 419 g/mol. The van der Waals surface area contributed by atoms with Gasteiger partial charge in [0, 0.05) is 26.3 Å². The maximum atomic E-state index is 4.62. The van der Waals surface area contributed by atoms with Crippen molar-refractivity contribution in [3.63, 3.8) is 0 Å². The van der Waals surface area contributed by atoms with E-state index in [1.807, 2.05) is 24.0 Å². The Morgan fingerprint density at radius 3 is 2.77 bits per heavy atom. The summed E-state index contributed by atoms with van der Waals surface area (Å²) in [5.74, 6) is 1.88. The van der Waals surface area contributed by atoms with Gasteiger partial charge in [-0.05, 0) is 31.7 Å². The summed E-state index contributed by atoms with van der Waals surface area (Å²) in [5, 5.41) is 10.9. The van der Waals surface area contributed by atoms with E-state index in [4.69, 9.17) is 0 Å². The zero-order chi connectivity index (χ0) is 14.9. The van der Waals surface area contributed by atoms with Gasteiger partial charge in [-0.2, -0.15) is 5.10 Å². The van der Waals surface area contributed by atoms with Crippen molar-refractivity contribution in [2.45, 2.75) is 52.0 Å². The number of nitrogens with zero attached hydrogens (tertiary/aromatic N) is 3. The quantitative estimate of drug-likeness (QED) is 0.309. The normalized spacial score (nSPS) is 15.6. The maximum absolute atomic E-state index is 4.62. The molecule has 0 amide bonds. The first-order chi connectivity index (χ1) is 10.3. The fourth-order valence-corrected chi connectivity index (χ4v) is 2.95. The fraction of sp³-hybridized carbons (Fsp3) is 0.750. The summed E-state index contributed by atoms with van der Waals surface area (Å²) in [4.78, 5) is 4.62. The molecule has 0 aliphatic heterocycles. The summed E-state index contributed by atoms with van der Waals surface area (Å²) in [6.07, 6.45) is 10.2. The topological polar surface area (TPSA) is 54.2 Å². The molecule has 126 valence electrons. The summed E-state index contributed by atoms with van der Waals surface area (Å²) < 4.78 is 1.87. The van der Waals surface area contributed by atoms with Gasteiger partial charge in [0.2, 0.25) is 0 Å². The van der Waals surface area contributed by atoms with Crippen molar-refractivity contribution in [3.8, 4) is 0 Å². The lowest BCUT2D eigenvalue weighted by Crippen LogP contribution is -2.37. The molecule has 6 heteroatoms. The summed E-state index contributed by atoms with van der Waals surface area (Å²) in [6, 6.07) is 2.01. The van der Waals surface area contributed by atoms with Gasteiger partial charge in [-0.1, -0.05) is 25.7 Å². The standard InChI is InChI=1S/C16H29N5.HI/c1-3-17-16(19-13-15-10-12-20-21(15)2)18-11-6-9-14-7-4-5-8-14;/h10,12,14H,3-9,11,13H2,1-2H3,(H2,17,18,19);1H. The molecule has 5 nitrogen and oxygen atoms in total. The predicted molar refractivity (Wildman–Crippen MR) is 103 cm³/mol. The number of aromatic nitrogens is 2. The van der Waals surface area contributed by atoms with Crippen molar-refractivity contribution in [1.29, 1.82) is 0 Å². The number of aryl methyl sites for hydroxylation is 1. The number of hydrogen-bond donors (Lipinski definition) is 2. The van der Waals surface area contributed by atoms with Gasteiger partial charge in [-0.25, -0.2) is 4.99 Å². The lowest BCUT2D eigenvalue weighted by Gasteiger charge is -2.13. The Morgan fingerprint density at radius 1 is 1.36 bits per heavy atom. The predicted octanol–water partition coefficient (Wildman–Crippen LogP) is 3.06. The van der Waals surface area contributed by atoms with Crippen LogP contribution in [0.3, 0.4) is 0 Å². The van der Waals surface area contributed by atoms with Gasteiger partial charge >= 0.3 is 0 Å². The van der Waals surface area contributed by atoms with Crippen molar-refractivity contribution in [1.82, 2.24) is 20.4 Å². The molecule has 2 rings (SSSR count). The number of rotatable bonds is 7. The lowest BCUT2D eigenvalue weighted by atomic mass is 10.0. The molecule has 1 saturated carbocycles. The molecule has 0 atom stereocenters. The molecule has 2 N–H and O–H groups in total. The van der Waals surface area contributed by atoms with Crippen LogP contribution >= 0.6 is 24.0 Å². The van der Waals surface area contributed by atoms with E-state index in [1.54, 1.807) is 0 Å². The molecule has 1 aliphatic rings. The van der Waals surface area contributed by atoms with Crippen LogP contribution in [-0.2, 0) is 13.6 Å². The van der Waals surface area contributed by atoms with Crippen LogP contribution < -0.4 is 10.6 Å². The summed E-state index contributed by atoms with van der Waals surface area (Å²) in [6.45, 7) is 4.65. The number of halogens is 1. The highest BCUT2D eigenvalue weighted by Gasteiger charge is 2.13. The van der Waals surface area contributed by atoms with Crippen molar-refractivity contribution in [3.05, 3.63) is 18.0 Å². The first-order valence-corrected chi connectivity index (χ1v) is 8.28. The molecule has 0 unspecified atom stereocenters. The molecule has 1 aromatic rings. The smallest absolute Gasteiger partial charge is 0.191 e. The number of hydrogen-bond acceptors (Lipinski definition) is 2. The second kappa shape index (κ2) is 10.9. The molecule has 1 aliphatic carbocycles. The average Bonchev–Trinajstić information content (AvgIpc) is 3.12. The molecule has 0 spiro atoms. The van der Waals surface area contributed by atoms with E-state index in [2.05, 4.69) is 27.6 Å². The van der Waals surface area contributed by atoms with Crippen molar-refractivity contribution in [2.24, 2.45) is 18.0 Å². The first kappa shape index (κ1) is 19.3. The van der Waals surface area contributed by atoms with E-state index in [0.29, 0.717) is 6.54 Å². The van der Waals surface area contributed by atoms with E-state index in [-0.39, 0.29) is 24.0 Å². The van der Waals surface area contributed by atoms with Gasteiger partial charge in [0.05, 0.1) is 12.2 Å². The van der Waals surface area contributed by atoms with Gasteiger partial charge in [0.15, 0.2) is 5.96 Å². The lowest BCUT2D eigenvalue weighted by molar-refractivity contribution is 0.481. The molecular weight excluding hydrogens is 389 g/mol. The second-order valence-electron chi connectivity index (χ2n) is 5.86. The largest absolute Gasteiger partial charge is 0.357 e. The molecule has 0 aromatic carbocycles. The Bertz CT molecular complexity index is 437. The van der Waals surface area contributed by atoms with Crippen molar-refractivity contribution < 1.29 is 0 Å². The highest BCUT2D eigenvalue weighted by molar-refractivity contribution is 14.0. The van der Waals surface area contributed by atoms with Crippen LogP contribution in [0, 0.1) is 5.92 Å². The number of guanidine groups is 1. The zero-order valence-corrected chi connectivity index (χ0v) is 16.2. The number of nitrogens with one attached hydrogen (secondary N) is 2. The Labute approximate surface area is 151 Å². The molecule has 1 heterocycles. The van der Waals surface area contributed by atoms with Gasteiger partial charge in [-0.15, -0.1) is 24.0 Å². The molecule has 22 heavy (non-hydrogen) atoms. The van der Waals surface area contributed by atoms with Crippen LogP contribution in [0.5, 0.6) is 0 Å². The maximum Gasteiger partial charge on any atom is 0.191 e. The van der Waals surface area contributed by atoms with Crippen molar-refractivity contribution in [2.75, 3.05) is 13.1 Å². The minimum absolute atomic E-state index is 0. The molecular formula is C16H30IN5. The minimum Gasteiger partial charge on any atom is -0.357 e. The third-order valence-corrected chi connectivity index (χ3v) is 4.22. The second-order valence-corrected chi connectivity index (χ2v) is 5.86. The van der Waals surface area contributed by atoms with Crippen LogP contribution in [0.1, 0.15) is 51.1 Å². The molecule has 0 saturated heterocycles. The minimum atomic E-state index is 0. The highest BCUT2D eigenvalue weighted by Crippen LogP contribution is 2.28. The molecule has 0 radical (unpaired) electrons. The Morgan fingerprint density at radius 2 is 2.14 bits per heavy atom. The third kappa shape index (κ3) is 6.54. The summed E-state index contributed by atoms with van der Waals surface area (Å²) >= 11 is 0. The van der Waals surface area contributed by atoms with Crippen LogP contribution in [0.4, 0.5) is 0 Å². The Balaban J connectivity index is 0.00000242. The van der Waals surface area contributed by atoms with Gasteiger partial charge in [-0.3, -0.25) is 4.68 Å². The Hall–Kier alpha value is -0.790. The monoisotopic (exact) mass is 419 g/mol.